The third-order valence-corrected chi connectivity index (χ3v) is 6.20. The quantitative estimate of drug-likeness (QED) is 0.178. The van der Waals surface area contributed by atoms with Gasteiger partial charge in [-0.15, -0.1) is 0 Å². The number of hydrogen-bond acceptors (Lipinski definition) is 7. The number of nitrogens with zero attached hydrogens (tertiary/aromatic N) is 3. The number of benzene rings is 2. The highest BCUT2D eigenvalue weighted by Crippen LogP contribution is 2.48. The fraction of sp³-hybridized carbons (Fsp3) is 0.467. The minimum atomic E-state index is -4.55. The second-order valence-electron chi connectivity index (χ2n) is 9.05. The molecule has 0 aliphatic heterocycles. The summed E-state index contributed by atoms with van der Waals surface area (Å²) in [6.07, 6.45) is 0.0298. The highest BCUT2D eigenvalue weighted by atomic mass is 35.5. The number of amides is 1. The lowest BCUT2D eigenvalue weighted by atomic mass is 10.1. The van der Waals surface area contributed by atoms with Gasteiger partial charge >= 0.3 is 12.2 Å². The molecule has 2 aromatic carbocycles. The molecule has 1 aromatic heterocycles. The highest BCUT2D eigenvalue weighted by molar-refractivity contribution is 6.30. The Morgan fingerprint density at radius 3 is 2.12 bits per heavy atom. The van der Waals surface area contributed by atoms with Crippen molar-refractivity contribution in [3.63, 3.8) is 0 Å². The topological polar surface area (TPSA) is 101 Å². The van der Waals surface area contributed by atoms with Gasteiger partial charge in [0.15, 0.2) is 6.61 Å². The number of rotatable bonds is 12. The van der Waals surface area contributed by atoms with Crippen LogP contribution in [0.1, 0.15) is 82.6 Å². The van der Waals surface area contributed by atoms with Crippen LogP contribution >= 0.6 is 11.6 Å². The monoisotopic (exact) mass is 608 g/mol. The molecule has 12 heteroatoms. The SMILES string of the molecule is CC.CC.CCCCCNC(=O)c1ccc(Nc2nc(NC3(c4ccc(Cl)cc4)CC3)nc(OCC(F)(F)F)n2)cc1. The van der Waals surface area contributed by atoms with Crippen molar-refractivity contribution in [1.29, 1.82) is 0 Å². The van der Waals surface area contributed by atoms with Crippen molar-refractivity contribution in [2.24, 2.45) is 0 Å². The van der Waals surface area contributed by atoms with E-state index in [2.05, 4.69) is 37.8 Å². The maximum absolute atomic E-state index is 12.8. The normalized spacial score (nSPS) is 13.0. The van der Waals surface area contributed by atoms with Crippen molar-refractivity contribution < 1.29 is 22.7 Å². The number of halogens is 4. The molecule has 0 bridgehead atoms. The molecule has 0 unspecified atom stereocenters. The van der Waals surface area contributed by atoms with E-state index in [1.165, 1.54) is 0 Å². The van der Waals surface area contributed by atoms with Crippen molar-refractivity contribution in [2.45, 2.75) is 78.4 Å². The van der Waals surface area contributed by atoms with Crippen LogP contribution in [0, 0.1) is 0 Å². The van der Waals surface area contributed by atoms with Crippen LogP contribution in [0.25, 0.3) is 0 Å². The van der Waals surface area contributed by atoms with Gasteiger partial charge in [0.1, 0.15) is 0 Å². The zero-order chi connectivity index (χ0) is 31.2. The molecule has 1 heterocycles. The summed E-state index contributed by atoms with van der Waals surface area (Å²) in [6.45, 7) is 9.15. The largest absolute Gasteiger partial charge is 0.454 e. The fourth-order valence-corrected chi connectivity index (χ4v) is 3.91. The molecular weight excluding hydrogens is 569 g/mol. The molecule has 0 atom stereocenters. The van der Waals surface area contributed by atoms with E-state index in [1.54, 1.807) is 36.4 Å². The van der Waals surface area contributed by atoms with Crippen molar-refractivity contribution in [1.82, 2.24) is 20.3 Å². The molecule has 1 saturated carbocycles. The van der Waals surface area contributed by atoms with Gasteiger partial charge < -0.3 is 20.7 Å². The van der Waals surface area contributed by atoms with Crippen LogP contribution < -0.4 is 20.7 Å². The molecule has 230 valence electrons. The summed E-state index contributed by atoms with van der Waals surface area (Å²) >= 11 is 6.00. The average Bonchev–Trinajstić information content (AvgIpc) is 3.77. The van der Waals surface area contributed by atoms with Crippen LogP contribution in [0.5, 0.6) is 6.01 Å². The fourth-order valence-electron chi connectivity index (χ4n) is 3.79. The zero-order valence-electron chi connectivity index (χ0n) is 24.7. The first kappa shape index (κ1) is 34.6. The van der Waals surface area contributed by atoms with Crippen molar-refractivity contribution in [2.75, 3.05) is 23.8 Å². The van der Waals surface area contributed by atoms with E-state index in [0.29, 0.717) is 22.8 Å². The number of carbonyl (C=O) groups is 1. The third kappa shape index (κ3) is 11.0. The molecule has 42 heavy (non-hydrogen) atoms. The van der Waals surface area contributed by atoms with Gasteiger partial charge in [0.2, 0.25) is 11.9 Å². The van der Waals surface area contributed by atoms with E-state index in [4.69, 9.17) is 16.3 Å². The number of anilines is 3. The summed E-state index contributed by atoms with van der Waals surface area (Å²) in [5.41, 5.74) is 1.51. The molecule has 4 rings (SSSR count). The van der Waals surface area contributed by atoms with Crippen LogP contribution in [-0.4, -0.2) is 40.2 Å². The van der Waals surface area contributed by atoms with Crippen LogP contribution in [0.2, 0.25) is 5.02 Å². The van der Waals surface area contributed by atoms with Crippen LogP contribution in [0.4, 0.5) is 30.8 Å². The summed E-state index contributed by atoms with van der Waals surface area (Å²) in [4.78, 5) is 24.7. The first-order chi connectivity index (χ1) is 20.2. The van der Waals surface area contributed by atoms with Gasteiger partial charge in [0.05, 0.1) is 5.54 Å². The maximum Gasteiger partial charge on any atom is 0.422 e. The van der Waals surface area contributed by atoms with Crippen molar-refractivity contribution in [3.8, 4) is 6.01 Å². The van der Waals surface area contributed by atoms with E-state index >= 15 is 0 Å². The summed E-state index contributed by atoms with van der Waals surface area (Å²) < 4.78 is 43.1. The lowest BCUT2D eigenvalue weighted by Crippen LogP contribution is -2.24. The van der Waals surface area contributed by atoms with Gasteiger partial charge in [-0.1, -0.05) is 71.2 Å². The molecule has 1 aliphatic rings. The standard InChI is InChI=1S/C26H28ClF3N6O2.2C2H6/c1-2-3-4-15-31-21(37)17-5-11-20(12-6-17)32-22-33-23(35-24(34-22)38-16-26(28,29)30)36-25(13-14-25)18-7-9-19(27)10-8-18;2*1-2/h5-12H,2-4,13-16H2,1H3,(H,31,37)(H2,32,33,34,35,36);2*1-2H3. The number of alkyl halides is 3. The Kier molecular flexibility index (Phi) is 13.8. The van der Waals surface area contributed by atoms with Crippen molar-refractivity contribution in [3.05, 3.63) is 64.7 Å². The molecule has 1 fully saturated rings. The molecule has 0 spiro atoms. The number of nitrogens with one attached hydrogen (secondary N) is 3. The summed E-state index contributed by atoms with van der Waals surface area (Å²) in [5.74, 6) is -0.127. The second kappa shape index (κ2) is 16.7. The van der Waals surface area contributed by atoms with E-state index < -0.39 is 24.3 Å². The Labute approximate surface area is 250 Å². The minimum Gasteiger partial charge on any atom is -0.454 e. The Morgan fingerprint density at radius 1 is 0.929 bits per heavy atom. The first-order valence-corrected chi connectivity index (χ1v) is 14.7. The Morgan fingerprint density at radius 2 is 1.55 bits per heavy atom. The van der Waals surface area contributed by atoms with Gasteiger partial charge in [0.25, 0.3) is 5.91 Å². The number of carbonyl (C=O) groups excluding carboxylic acids is 1. The lowest BCUT2D eigenvalue weighted by molar-refractivity contribution is -0.154. The Bertz CT molecular complexity index is 1240. The van der Waals surface area contributed by atoms with E-state index in [-0.39, 0.29) is 17.8 Å². The van der Waals surface area contributed by atoms with Gasteiger partial charge in [-0.2, -0.15) is 28.1 Å². The highest BCUT2D eigenvalue weighted by Gasteiger charge is 2.45. The summed E-state index contributed by atoms with van der Waals surface area (Å²) in [7, 11) is 0. The van der Waals surface area contributed by atoms with Crippen LogP contribution in [0.3, 0.4) is 0 Å². The van der Waals surface area contributed by atoms with E-state index in [9.17, 15) is 18.0 Å². The van der Waals surface area contributed by atoms with E-state index in [1.807, 2.05) is 39.8 Å². The molecule has 0 radical (unpaired) electrons. The number of unbranched alkanes of at least 4 members (excludes halogenated alkanes) is 2. The smallest absolute Gasteiger partial charge is 0.422 e. The number of aromatic nitrogens is 3. The Hall–Kier alpha value is -3.60. The van der Waals surface area contributed by atoms with Gasteiger partial charge in [-0.3, -0.25) is 4.79 Å². The predicted octanol–water partition coefficient (Wildman–Crippen LogP) is 8.28. The number of ether oxygens (including phenoxy) is 1. The molecule has 1 amide bonds. The number of hydrogen-bond donors (Lipinski definition) is 3. The zero-order valence-corrected chi connectivity index (χ0v) is 25.5. The first-order valence-electron chi connectivity index (χ1n) is 14.3. The Balaban J connectivity index is 0.00000148. The third-order valence-electron chi connectivity index (χ3n) is 5.95. The maximum atomic E-state index is 12.8. The minimum absolute atomic E-state index is 0.0108. The van der Waals surface area contributed by atoms with Crippen LogP contribution in [0.15, 0.2) is 48.5 Å². The summed E-state index contributed by atoms with van der Waals surface area (Å²) in [5, 5.41) is 9.64. The van der Waals surface area contributed by atoms with Gasteiger partial charge in [0, 0.05) is 22.8 Å². The lowest BCUT2D eigenvalue weighted by Gasteiger charge is -2.19. The molecular formula is C30H40ClF3N6O2. The predicted molar refractivity (Wildman–Crippen MR) is 162 cm³/mol. The average molecular weight is 609 g/mol. The molecule has 0 saturated heterocycles. The molecule has 8 nitrogen and oxygen atoms in total. The summed E-state index contributed by atoms with van der Waals surface area (Å²) in [6, 6.07) is 13.4. The van der Waals surface area contributed by atoms with Gasteiger partial charge in [-0.25, -0.2) is 0 Å². The van der Waals surface area contributed by atoms with Crippen LogP contribution in [-0.2, 0) is 5.54 Å². The molecule has 3 aromatic rings. The molecule has 1 aliphatic carbocycles. The second-order valence-corrected chi connectivity index (χ2v) is 9.48. The van der Waals surface area contributed by atoms with E-state index in [0.717, 1.165) is 37.7 Å². The van der Waals surface area contributed by atoms with Gasteiger partial charge in [-0.05, 0) is 61.2 Å². The molecule has 3 N–H and O–H groups in total. The van der Waals surface area contributed by atoms with Crippen molar-refractivity contribution >= 4 is 35.1 Å².